The number of benzene rings is 1. The molecule has 0 saturated heterocycles. The minimum absolute atomic E-state index is 0.0760. The molecule has 0 aliphatic rings. The Balaban J connectivity index is 2.45. The number of aryl methyl sites for hydroxylation is 1. The Morgan fingerprint density at radius 1 is 1.39 bits per heavy atom. The average Bonchev–Trinajstić information content (AvgIpc) is 2.56. The Morgan fingerprint density at radius 2 is 2.11 bits per heavy atom. The van der Waals surface area contributed by atoms with E-state index in [9.17, 15) is 4.79 Å². The van der Waals surface area contributed by atoms with Gasteiger partial charge in [0.25, 0.3) is 0 Å². The maximum atomic E-state index is 11.9. The van der Waals surface area contributed by atoms with Gasteiger partial charge in [-0.1, -0.05) is 27.3 Å². The number of thiazole rings is 1. The number of rotatable bonds is 3. The molecule has 0 spiro atoms. The van der Waals surface area contributed by atoms with Gasteiger partial charge in [0.1, 0.15) is 5.75 Å². The lowest BCUT2D eigenvalue weighted by molar-refractivity contribution is 0.408. The molecule has 0 saturated carbocycles. The fraction of sp³-hybridized carbons (Fsp3) is 0.308. The molecule has 5 heteroatoms. The van der Waals surface area contributed by atoms with Crippen molar-refractivity contribution in [3.8, 4) is 5.75 Å². The van der Waals surface area contributed by atoms with Crippen LogP contribution >= 0.6 is 27.3 Å². The van der Waals surface area contributed by atoms with Crippen LogP contribution in [0, 0.1) is 13.8 Å². The minimum atomic E-state index is 0.0760. The first-order valence-corrected chi connectivity index (χ1v) is 7.13. The molecule has 0 atom stereocenters. The lowest BCUT2D eigenvalue weighted by Gasteiger charge is -2.10. The van der Waals surface area contributed by atoms with Crippen molar-refractivity contribution < 1.29 is 4.74 Å². The summed E-state index contributed by atoms with van der Waals surface area (Å²) in [6, 6.07) is 5.81. The third kappa shape index (κ3) is 2.52. The number of hydrogen-bond acceptors (Lipinski definition) is 3. The van der Waals surface area contributed by atoms with Gasteiger partial charge in [0.2, 0.25) is 0 Å². The molecule has 2 rings (SSSR count). The highest BCUT2D eigenvalue weighted by molar-refractivity contribution is 9.10. The van der Waals surface area contributed by atoms with Crippen LogP contribution < -0.4 is 9.61 Å². The molecule has 0 aliphatic heterocycles. The van der Waals surface area contributed by atoms with Gasteiger partial charge in [0.05, 0.1) is 13.7 Å². The van der Waals surface area contributed by atoms with Crippen molar-refractivity contribution in [2.45, 2.75) is 20.4 Å². The maximum Gasteiger partial charge on any atom is 0.307 e. The molecule has 0 N–H and O–H groups in total. The van der Waals surface area contributed by atoms with Gasteiger partial charge in [-0.3, -0.25) is 9.36 Å². The van der Waals surface area contributed by atoms with Gasteiger partial charge < -0.3 is 4.74 Å². The standard InChI is InChI=1S/C13H14BrNO2S/c1-8-9(2)18-13(16)15(8)7-10-6-11(14)4-5-12(10)17-3/h4-6H,7H2,1-3H3. The van der Waals surface area contributed by atoms with E-state index in [1.165, 1.54) is 11.3 Å². The highest BCUT2D eigenvalue weighted by Crippen LogP contribution is 2.24. The average molecular weight is 328 g/mol. The highest BCUT2D eigenvalue weighted by atomic mass is 79.9. The van der Waals surface area contributed by atoms with Gasteiger partial charge in [0, 0.05) is 20.6 Å². The highest BCUT2D eigenvalue weighted by Gasteiger charge is 2.11. The molecule has 2 aromatic rings. The van der Waals surface area contributed by atoms with E-state index < -0.39 is 0 Å². The van der Waals surface area contributed by atoms with E-state index in [0.717, 1.165) is 26.4 Å². The lowest BCUT2D eigenvalue weighted by atomic mass is 10.2. The van der Waals surface area contributed by atoms with Crippen LogP contribution in [0.25, 0.3) is 0 Å². The predicted octanol–water partition coefficient (Wildman–Crippen LogP) is 3.35. The van der Waals surface area contributed by atoms with Crippen LogP contribution in [0.15, 0.2) is 27.5 Å². The van der Waals surface area contributed by atoms with Gasteiger partial charge >= 0.3 is 4.87 Å². The number of nitrogens with zero attached hydrogens (tertiary/aromatic N) is 1. The first-order chi connectivity index (χ1) is 8.52. The van der Waals surface area contributed by atoms with E-state index in [2.05, 4.69) is 15.9 Å². The predicted molar refractivity (Wildman–Crippen MR) is 77.8 cm³/mol. The van der Waals surface area contributed by atoms with E-state index in [0.29, 0.717) is 6.54 Å². The maximum absolute atomic E-state index is 11.9. The molecular formula is C13H14BrNO2S. The largest absolute Gasteiger partial charge is 0.496 e. The third-order valence-electron chi connectivity index (χ3n) is 2.95. The first kappa shape index (κ1) is 13.4. The summed E-state index contributed by atoms with van der Waals surface area (Å²) in [4.78, 5) is 13.0. The number of ether oxygens (including phenoxy) is 1. The third-order valence-corrected chi connectivity index (χ3v) is 4.44. The van der Waals surface area contributed by atoms with Crippen molar-refractivity contribution in [1.29, 1.82) is 0 Å². The summed E-state index contributed by atoms with van der Waals surface area (Å²) in [6.07, 6.45) is 0. The molecule has 3 nitrogen and oxygen atoms in total. The van der Waals surface area contributed by atoms with Crippen LogP contribution in [-0.2, 0) is 6.54 Å². The molecule has 0 amide bonds. The summed E-state index contributed by atoms with van der Waals surface area (Å²) < 4.78 is 8.09. The van der Waals surface area contributed by atoms with Crippen molar-refractivity contribution in [1.82, 2.24) is 4.57 Å². The van der Waals surface area contributed by atoms with Gasteiger partial charge in [-0.05, 0) is 32.0 Å². The zero-order chi connectivity index (χ0) is 13.3. The van der Waals surface area contributed by atoms with E-state index >= 15 is 0 Å². The molecule has 0 aliphatic carbocycles. The number of aromatic nitrogens is 1. The molecule has 18 heavy (non-hydrogen) atoms. The van der Waals surface area contributed by atoms with E-state index in [1.54, 1.807) is 11.7 Å². The van der Waals surface area contributed by atoms with Gasteiger partial charge in [0.15, 0.2) is 0 Å². The van der Waals surface area contributed by atoms with Gasteiger partial charge in [-0.15, -0.1) is 0 Å². The van der Waals surface area contributed by atoms with Crippen LogP contribution in [0.2, 0.25) is 0 Å². The second-order valence-corrected chi connectivity index (χ2v) is 6.13. The van der Waals surface area contributed by atoms with Crippen molar-refractivity contribution >= 4 is 27.3 Å². The summed E-state index contributed by atoms with van der Waals surface area (Å²) in [6.45, 7) is 4.48. The lowest BCUT2D eigenvalue weighted by Crippen LogP contribution is -2.15. The molecule has 1 aromatic carbocycles. The normalized spacial score (nSPS) is 10.7. The zero-order valence-electron chi connectivity index (χ0n) is 10.5. The van der Waals surface area contributed by atoms with E-state index in [4.69, 9.17) is 4.74 Å². The molecule has 96 valence electrons. The quantitative estimate of drug-likeness (QED) is 0.865. The second-order valence-electron chi connectivity index (χ2n) is 4.05. The first-order valence-electron chi connectivity index (χ1n) is 5.52. The molecular weight excluding hydrogens is 314 g/mol. The van der Waals surface area contributed by atoms with Gasteiger partial charge in [-0.2, -0.15) is 0 Å². The fourth-order valence-electron chi connectivity index (χ4n) is 1.81. The fourth-order valence-corrected chi connectivity index (χ4v) is 3.05. The minimum Gasteiger partial charge on any atom is -0.496 e. The van der Waals surface area contributed by atoms with Crippen molar-refractivity contribution in [3.63, 3.8) is 0 Å². The SMILES string of the molecule is COc1ccc(Br)cc1Cn1c(C)c(C)sc1=O. The summed E-state index contributed by atoms with van der Waals surface area (Å²) >= 11 is 4.73. The van der Waals surface area contributed by atoms with Crippen LogP contribution in [-0.4, -0.2) is 11.7 Å². The molecule has 0 bridgehead atoms. The summed E-state index contributed by atoms with van der Waals surface area (Å²) in [5, 5.41) is 0. The summed E-state index contributed by atoms with van der Waals surface area (Å²) in [7, 11) is 1.64. The van der Waals surface area contributed by atoms with Crippen LogP contribution in [0.4, 0.5) is 0 Å². The number of hydrogen-bond donors (Lipinski definition) is 0. The molecule has 0 fully saturated rings. The molecule has 1 aromatic heterocycles. The smallest absolute Gasteiger partial charge is 0.307 e. The van der Waals surface area contributed by atoms with E-state index in [1.807, 2.05) is 32.0 Å². The Kier molecular flexibility index (Phi) is 3.92. The topological polar surface area (TPSA) is 31.2 Å². The Bertz CT molecular complexity index is 630. The molecule has 0 unspecified atom stereocenters. The van der Waals surface area contributed by atoms with Crippen molar-refractivity contribution in [2.75, 3.05) is 7.11 Å². The second kappa shape index (κ2) is 5.28. The molecule has 0 radical (unpaired) electrons. The summed E-state index contributed by atoms with van der Waals surface area (Å²) in [5.41, 5.74) is 2.02. The Morgan fingerprint density at radius 3 is 2.67 bits per heavy atom. The van der Waals surface area contributed by atoms with Crippen LogP contribution in [0.3, 0.4) is 0 Å². The van der Waals surface area contributed by atoms with Crippen molar-refractivity contribution in [3.05, 3.63) is 48.5 Å². The zero-order valence-corrected chi connectivity index (χ0v) is 12.9. The summed E-state index contributed by atoms with van der Waals surface area (Å²) in [5.74, 6) is 0.799. The monoisotopic (exact) mass is 327 g/mol. The van der Waals surface area contributed by atoms with Gasteiger partial charge in [-0.25, -0.2) is 0 Å². The van der Waals surface area contributed by atoms with Crippen LogP contribution in [0.1, 0.15) is 16.1 Å². The Hall–Kier alpha value is -1.07. The van der Waals surface area contributed by atoms with Crippen molar-refractivity contribution in [2.24, 2.45) is 0 Å². The molecule has 1 heterocycles. The van der Waals surface area contributed by atoms with E-state index in [-0.39, 0.29) is 4.87 Å². The Labute approximate surface area is 118 Å². The number of methoxy groups -OCH3 is 1. The van der Waals surface area contributed by atoms with Crippen LogP contribution in [0.5, 0.6) is 5.75 Å². The number of halogens is 1.